The molecule has 3 aromatic rings. The van der Waals surface area contributed by atoms with Crippen LogP contribution in [0.25, 0.3) is 11.3 Å². The van der Waals surface area contributed by atoms with E-state index in [4.69, 9.17) is 16.3 Å². The molecule has 3 rings (SSSR count). The Hall–Kier alpha value is -2.24. The molecule has 0 atom stereocenters. The Labute approximate surface area is 173 Å². The molecule has 0 saturated carbocycles. The van der Waals surface area contributed by atoms with Gasteiger partial charge in [-0.25, -0.2) is 8.42 Å². The van der Waals surface area contributed by atoms with Gasteiger partial charge in [0.25, 0.3) is 10.0 Å². The summed E-state index contributed by atoms with van der Waals surface area (Å²) in [7, 11) is -2.75. The van der Waals surface area contributed by atoms with Crippen molar-refractivity contribution < 1.29 is 30.8 Å². The lowest BCUT2D eigenvalue weighted by molar-refractivity contribution is -0.155. The number of thiophene rings is 1. The maximum atomic E-state index is 13.0. The Bertz CT molecular complexity index is 1170. The van der Waals surface area contributed by atoms with Crippen LogP contribution in [-0.4, -0.2) is 20.7 Å². The molecule has 0 unspecified atom stereocenters. The number of methoxy groups -OCH3 is 1. The number of nitrogens with zero attached hydrogens (tertiary/aromatic N) is 1. The maximum absolute atomic E-state index is 13.0. The first-order chi connectivity index (χ1) is 13.4. The predicted molar refractivity (Wildman–Crippen MR) is 103 cm³/mol. The smallest absolute Gasteiger partial charge is 0.452 e. The molecule has 0 aliphatic rings. The van der Waals surface area contributed by atoms with Crippen LogP contribution in [0, 0.1) is 13.8 Å². The average molecular weight is 467 g/mol. The van der Waals surface area contributed by atoms with Gasteiger partial charge in [-0.05, 0) is 32.0 Å². The molecule has 0 aliphatic carbocycles. The van der Waals surface area contributed by atoms with E-state index in [1.165, 1.54) is 25.3 Å². The Balaban J connectivity index is 2.06. The fourth-order valence-electron chi connectivity index (χ4n) is 2.75. The van der Waals surface area contributed by atoms with Crippen LogP contribution >= 0.6 is 22.9 Å². The largest absolute Gasteiger partial charge is 0.495 e. The van der Waals surface area contributed by atoms with Crippen molar-refractivity contribution in [3.63, 3.8) is 0 Å². The fourth-order valence-corrected chi connectivity index (χ4v) is 5.93. The molecule has 0 aliphatic heterocycles. The summed E-state index contributed by atoms with van der Waals surface area (Å²) in [6.07, 6.45) is -4.73. The third-order valence-electron chi connectivity index (χ3n) is 3.92. The number of aryl methyl sites for hydroxylation is 2. The van der Waals surface area contributed by atoms with Crippen LogP contribution in [0.1, 0.15) is 15.5 Å². The van der Waals surface area contributed by atoms with E-state index in [1.807, 2.05) is 0 Å². The lowest BCUT2D eigenvalue weighted by Crippen LogP contribution is -2.14. The number of hydrogen-bond acceptors (Lipinski definition) is 6. The van der Waals surface area contributed by atoms with Gasteiger partial charge >= 0.3 is 6.18 Å². The highest BCUT2D eigenvalue weighted by atomic mass is 35.5. The molecule has 0 spiro atoms. The minimum atomic E-state index is -4.73. The van der Waals surface area contributed by atoms with E-state index in [2.05, 4.69) is 14.4 Å². The lowest BCUT2D eigenvalue weighted by atomic mass is 10.1. The summed E-state index contributed by atoms with van der Waals surface area (Å²) in [5.74, 6) is -0.950. The second-order valence-electron chi connectivity index (χ2n) is 5.95. The molecule has 29 heavy (non-hydrogen) atoms. The Morgan fingerprint density at radius 3 is 2.45 bits per heavy atom. The Morgan fingerprint density at radius 2 is 1.90 bits per heavy atom. The van der Waals surface area contributed by atoms with Crippen LogP contribution < -0.4 is 9.46 Å². The molecule has 0 bridgehead atoms. The topological polar surface area (TPSA) is 81.4 Å². The molecular formula is C17H14ClF3N2O4S2. The molecule has 1 N–H and O–H groups in total. The summed E-state index contributed by atoms with van der Waals surface area (Å²) in [6.45, 7) is 3.15. The van der Waals surface area contributed by atoms with Gasteiger partial charge in [0.05, 0.1) is 17.8 Å². The van der Waals surface area contributed by atoms with Crippen LogP contribution in [0.2, 0.25) is 5.02 Å². The Morgan fingerprint density at radius 1 is 1.21 bits per heavy atom. The second-order valence-corrected chi connectivity index (χ2v) is 9.40. The second kappa shape index (κ2) is 7.54. The molecule has 1 aromatic carbocycles. The average Bonchev–Trinajstić information content (AvgIpc) is 3.18. The normalized spacial score (nSPS) is 12.2. The maximum Gasteiger partial charge on any atom is 0.452 e. The van der Waals surface area contributed by atoms with Crippen LogP contribution in [0.5, 0.6) is 5.75 Å². The summed E-state index contributed by atoms with van der Waals surface area (Å²) in [5.41, 5.74) is 0.00677. The van der Waals surface area contributed by atoms with Crippen molar-refractivity contribution in [3.8, 4) is 17.0 Å². The van der Waals surface area contributed by atoms with E-state index in [-0.39, 0.29) is 26.9 Å². The van der Waals surface area contributed by atoms with Crippen molar-refractivity contribution in [2.24, 2.45) is 0 Å². The van der Waals surface area contributed by atoms with Gasteiger partial charge in [0.1, 0.15) is 16.3 Å². The minimum Gasteiger partial charge on any atom is -0.495 e. The van der Waals surface area contributed by atoms with Gasteiger partial charge in [0, 0.05) is 21.4 Å². The molecule has 2 aromatic heterocycles. The van der Waals surface area contributed by atoms with E-state index in [0.717, 1.165) is 11.3 Å². The summed E-state index contributed by atoms with van der Waals surface area (Å²) in [6, 6.07) is 4.98. The zero-order chi connectivity index (χ0) is 21.6. The Kier molecular flexibility index (Phi) is 5.58. The number of sulfonamides is 1. The van der Waals surface area contributed by atoms with Gasteiger partial charge in [-0.15, -0.1) is 11.3 Å². The van der Waals surface area contributed by atoms with Gasteiger partial charge in [0.15, 0.2) is 0 Å². The molecular weight excluding hydrogens is 453 g/mol. The molecule has 0 saturated heterocycles. The molecule has 0 fully saturated rings. The van der Waals surface area contributed by atoms with Gasteiger partial charge < -0.3 is 9.26 Å². The summed E-state index contributed by atoms with van der Waals surface area (Å²) < 4.78 is 76.4. The number of nitrogens with one attached hydrogen (secondary N) is 1. The number of anilines is 1. The summed E-state index contributed by atoms with van der Waals surface area (Å²) in [4.78, 5) is 0.702. The first kappa shape index (κ1) is 21.5. The molecule has 0 amide bonds. The van der Waals surface area contributed by atoms with E-state index in [1.54, 1.807) is 13.8 Å². The van der Waals surface area contributed by atoms with Crippen molar-refractivity contribution in [1.82, 2.24) is 5.16 Å². The lowest BCUT2D eigenvalue weighted by Gasteiger charge is -2.11. The number of rotatable bonds is 5. The molecule has 12 heteroatoms. The molecule has 6 nitrogen and oxygen atoms in total. The molecule has 0 radical (unpaired) electrons. The van der Waals surface area contributed by atoms with Crippen LogP contribution in [-0.2, 0) is 16.2 Å². The highest BCUT2D eigenvalue weighted by Gasteiger charge is 2.37. The fraction of sp³-hybridized carbons (Fsp3) is 0.235. The molecule has 2 heterocycles. The first-order valence-electron chi connectivity index (χ1n) is 7.94. The minimum absolute atomic E-state index is 0.0545. The van der Waals surface area contributed by atoms with Crippen LogP contribution in [0.15, 0.2) is 33.7 Å². The van der Waals surface area contributed by atoms with Crippen molar-refractivity contribution in [2.75, 3.05) is 11.8 Å². The summed E-state index contributed by atoms with van der Waals surface area (Å²) in [5, 5.41) is 3.62. The van der Waals surface area contributed by atoms with Gasteiger partial charge in [-0.3, -0.25) is 4.72 Å². The standard InChI is InChI=1S/C17H14ClF3N2O4S2/c1-8-15(12-7-14(27-22-12)17(19,20)21)16(9(2)28-8)29(24,25)23-10-4-5-13(26-3)11(18)6-10/h4-7,23H,1-3H3. The first-order valence-corrected chi connectivity index (χ1v) is 10.6. The number of aromatic nitrogens is 1. The quantitative estimate of drug-likeness (QED) is 0.536. The highest BCUT2D eigenvalue weighted by molar-refractivity contribution is 7.93. The van der Waals surface area contributed by atoms with E-state index in [9.17, 15) is 21.6 Å². The number of benzene rings is 1. The number of halogens is 4. The van der Waals surface area contributed by atoms with Crippen molar-refractivity contribution >= 4 is 38.6 Å². The number of alkyl halides is 3. The molecule has 156 valence electrons. The van der Waals surface area contributed by atoms with Gasteiger partial charge in [-0.1, -0.05) is 16.8 Å². The zero-order valence-electron chi connectivity index (χ0n) is 15.2. The third kappa shape index (κ3) is 4.21. The van der Waals surface area contributed by atoms with E-state index in [0.29, 0.717) is 21.6 Å². The van der Waals surface area contributed by atoms with Crippen molar-refractivity contribution in [2.45, 2.75) is 24.9 Å². The van der Waals surface area contributed by atoms with E-state index >= 15 is 0 Å². The van der Waals surface area contributed by atoms with Crippen molar-refractivity contribution in [1.29, 1.82) is 0 Å². The predicted octanol–water partition coefficient (Wildman–Crippen LogP) is 5.50. The zero-order valence-corrected chi connectivity index (χ0v) is 17.6. The number of ether oxygens (including phenoxy) is 1. The van der Waals surface area contributed by atoms with Crippen LogP contribution in [0.3, 0.4) is 0 Å². The third-order valence-corrected chi connectivity index (χ3v) is 6.92. The monoisotopic (exact) mass is 466 g/mol. The highest BCUT2D eigenvalue weighted by Crippen LogP contribution is 2.41. The van der Waals surface area contributed by atoms with Crippen LogP contribution in [0.4, 0.5) is 18.9 Å². The number of hydrogen-bond donors (Lipinski definition) is 1. The SMILES string of the molecule is COc1ccc(NS(=O)(=O)c2c(C)sc(C)c2-c2cc(C(F)(F)F)on2)cc1Cl. The van der Waals surface area contributed by atoms with Crippen molar-refractivity contribution in [3.05, 3.63) is 44.8 Å². The van der Waals surface area contributed by atoms with E-state index < -0.39 is 22.0 Å². The van der Waals surface area contributed by atoms with Gasteiger partial charge in [-0.2, -0.15) is 13.2 Å². The van der Waals surface area contributed by atoms with Gasteiger partial charge in [0.2, 0.25) is 5.76 Å². The summed E-state index contributed by atoms with van der Waals surface area (Å²) >= 11 is 7.15.